The van der Waals surface area contributed by atoms with E-state index in [4.69, 9.17) is 0 Å². The van der Waals surface area contributed by atoms with E-state index in [2.05, 4.69) is 20.1 Å². The van der Waals surface area contributed by atoms with Crippen molar-refractivity contribution in [3.63, 3.8) is 0 Å². The van der Waals surface area contributed by atoms with E-state index in [9.17, 15) is 4.79 Å². The first-order valence-electron chi connectivity index (χ1n) is 8.05. The van der Waals surface area contributed by atoms with Gasteiger partial charge in [0.05, 0.1) is 6.04 Å². The number of carbonyl (C=O) groups is 1. The molecule has 124 valence electrons. The van der Waals surface area contributed by atoms with Gasteiger partial charge in [-0.05, 0) is 39.2 Å². The highest BCUT2D eigenvalue weighted by Crippen LogP contribution is 2.33. The highest BCUT2D eigenvalue weighted by atomic mass is 32.1. The van der Waals surface area contributed by atoms with Crippen LogP contribution in [-0.2, 0) is 0 Å². The summed E-state index contributed by atoms with van der Waals surface area (Å²) >= 11 is 1.62. The summed E-state index contributed by atoms with van der Waals surface area (Å²) in [6.07, 6.45) is 4.71. The highest BCUT2D eigenvalue weighted by molar-refractivity contribution is 7.09. The minimum absolute atomic E-state index is 0.0191. The second kappa shape index (κ2) is 5.94. The van der Waals surface area contributed by atoms with E-state index >= 15 is 0 Å². The Hall–Kier alpha value is -2.35. The number of aryl methyl sites for hydroxylation is 2. The van der Waals surface area contributed by atoms with Crippen LogP contribution >= 0.6 is 11.3 Å². The van der Waals surface area contributed by atoms with Gasteiger partial charge in [-0.3, -0.25) is 4.79 Å². The average molecular weight is 342 g/mol. The van der Waals surface area contributed by atoms with Crippen LogP contribution in [0.3, 0.4) is 0 Å². The zero-order valence-electron chi connectivity index (χ0n) is 13.6. The maximum absolute atomic E-state index is 13.0. The molecule has 24 heavy (non-hydrogen) atoms. The minimum atomic E-state index is -0.141. The molecule has 4 heterocycles. The van der Waals surface area contributed by atoms with E-state index in [1.54, 1.807) is 22.0 Å². The Bertz CT molecular complexity index is 901. The minimum Gasteiger partial charge on any atom is -0.326 e. The summed E-state index contributed by atoms with van der Waals surface area (Å²) in [6, 6.07) is 1.86. The lowest BCUT2D eigenvalue weighted by Gasteiger charge is -2.33. The summed E-state index contributed by atoms with van der Waals surface area (Å²) in [5.41, 5.74) is 1.90. The van der Waals surface area contributed by atoms with Crippen molar-refractivity contribution in [3.8, 4) is 0 Å². The van der Waals surface area contributed by atoms with Crippen LogP contribution in [0, 0.1) is 13.8 Å². The van der Waals surface area contributed by atoms with Crippen LogP contribution in [-0.4, -0.2) is 41.9 Å². The molecule has 0 aliphatic carbocycles. The molecular formula is C16H18N6OS. The molecule has 0 radical (unpaired) electrons. The fourth-order valence-corrected chi connectivity index (χ4v) is 4.02. The van der Waals surface area contributed by atoms with Gasteiger partial charge in [-0.1, -0.05) is 0 Å². The van der Waals surface area contributed by atoms with Crippen molar-refractivity contribution >= 4 is 23.0 Å². The van der Waals surface area contributed by atoms with Crippen molar-refractivity contribution in [3.05, 3.63) is 39.9 Å². The third kappa shape index (κ3) is 2.56. The van der Waals surface area contributed by atoms with Gasteiger partial charge in [0.2, 0.25) is 5.82 Å². The second-order valence-electron chi connectivity index (χ2n) is 6.07. The molecule has 1 saturated heterocycles. The smallest absolute Gasteiger partial charge is 0.294 e. The number of hydrogen-bond acceptors (Lipinski definition) is 6. The molecule has 1 fully saturated rings. The maximum atomic E-state index is 13.0. The number of aromatic nitrogens is 5. The fraction of sp³-hybridized carbons (Fsp3) is 0.438. The van der Waals surface area contributed by atoms with Gasteiger partial charge >= 0.3 is 0 Å². The molecule has 4 rings (SSSR count). The summed E-state index contributed by atoms with van der Waals surface area (Å²) in [6.45, 7) is 4.61. The number of piperidine rings is 1. The van der Waals surface area contributed by atoms with Crippen molar-refractivity contribution in [1.29, 1.82) is 0 Å². The molecule has 1 aliphatic rings. The molecule has 0 spiro atoms. The van der Waals surface area contributed by atoms with Gasteiger partial charge in [0.25, 0.3) is 11.7 Å². The fourth-order valence-electron chi connectivity index (χ4n) is 3.08. The topological polar surface area (TPSA) is 76.3 Å². The van der Waals surface area contributed by atoms with Crippen LogP contribution in [0.1, 0.15) is 52.3 Å². The van der Waals surface area contributed by atoms with Crippen LogP contribution in [0.5, 0.6) is 0 Å². The predicted octanol–water partition coefficient (Wildman–Crippen LogP) is 2.57. The molecule has 1 atom stereocenters. The van der Waals surface area contributed by atoms with Gasteiger partial charge < -0.3 is 4.90 Å². The summed E-state index contributed by atoms with van der Waals surface area (Å²) < 4.78 is 1.61. The standard InChI is InChI=1S/C16H18N6OS/c1-10-9-24-14(18-10)12-5-3-4-8-21(12)15(23)13-19-16-17-7-6-11(2)22(16)20-13/h6-7,9,12H,3-5,8H2,1-2H3. The first kappa shape index (κ1) is 15.2. The summed E-state index contributed by atoms with van der Waals surface area (Å²) in [5, 5.41) is 7.39. The molecule has 0 saturated carbocycles. The van der Waals surface area contributed by atoms with Crippen molar-refractivity contribution in [2.75, 3.05) is 6.54 Å². The lowest BCUT2D eigenvalue weighted by atomic mass is 10.0. The first-order valence-corrected chi connectivity index (χ1v) is 8.93. The third-order valence-electron chi connectivity index (χ3n) is 4.31. The van der Waals surface area contributed by atoms with Crippen LogP contribution in [0.4, 0.5) is 0 Å². The Morgan fingerprint density at radius 1 is 1.29 bits per heavy atom. The van der Waals surface area contributed by atoms with Gasteiger partial charge in [-0.2, -0.15) is 4.98 Å². The lowest BCUT2D eigenvalue weighted by Crippen LogP contribution is -2.39. The second-order valence-corrected chi connectivity index (χ2v) is 6.96. The molecule has 1 aliphatic heterocycles. The number of fused-ring (bicyclic) bond motifs is 1. The van der Waals surface area contributed by atoms with Crippen molar-refractivity contribution in [2.45, 2.75) is 39.2 Å². The van der Waals surface area contributed by atoms with E-state index in [-0.39, 0.29) is 17.8 Å². The maximum Gasteiger partial charge on any atom is 0.294 e. The van der Waals surface area contributed by atoms with Gasteiger partial charge in [-0.15, -0.1) is 16.4 Å². The van der Waals surface area contributed by atoms with Crippen LogP contribution in [0.15, 0.2) is 17.6 Å². The Morgan fingerprint density at radius 3 is 2.92 bits per heavy atom. The first-order chi connectivity index (χ1) is 11.6. The molecular weight excluding hydrogens is 324 g/mol. The monoisotopic (exact) mass is 342 g/mol. The molecule has 7 nitrogen and oxygen atoms in total. The zero-order valence-corrected chi connectivity index (χ0v) is 14.5. The van der Waals surface area contributed by atoms with E-state index in [0.717, 1.165) is 35.7 Å². The van der Waals surface area contributed by atoms with E-state index in [0.29, 0.717) is 12.3 Å². The number of thiazole rings is 1. The van der Waals surface area contributed by atoms with E-state index in [1.165, 1.54) is 0 Å². The highest BCUT2D eigenvalue weighted by Gasteiger charge is 2.32. The lowest BCUT2D eigenvalue weighted by molar-refractivity contribution is 0.0598. The van der Waals surface area contributed by atoms with Gasteiger partial charge in [-0.25, -0.2) is 14.5 Å². The van der Waals surface area contributed by atoms with E-state index in [1.807, 2.05) is 30.2 Å². The third-order valence-corrected chi connectivity index (χ3v) is 5.37. The van der Waals surface area contributed by atoms with Gasteiger partial charge in [0.1, 0.15) is 5.01 Å². The van der Waals surface area contributed by atoms with Crippen molar-refractivity contribution in [2.24, 2.45) is 0 Å². The predicted molar refractivity (Wildman–Crippen MR) is 90.0 cm³/mol. The number of nitrogens with zero attached hydrogens (tertiary/aromatic N) is 6. The molecule has 0 bridgehead atoms. The Kier molecular flexibility index (Phi) is 3.76. The Balaban J connectivity index is 1.69. The molecule has 8 heteroatoms. The average Bonchev–Trinajstić information content (AvgIpc) is 3.21. The van der Waals surface area contributed by atoms with Crippen LogP contribution in [0.25, 0.3) is 5.78 Å². The number of likely N-dealkylation sites (tertiary alicyclic amines) is 1. The normalized spacial score (nSPS) is 18.2. The molecule has 1 unspecified atom stereocenters. The van der Waals surface area contributed by atoms with Crippen molar-refractivity contribution in [1.82, 2.24) is 29.5 Å². The Morgan fingerprint density at radius 2 is 2.17 bits per heavy atom. The molecule has 1 amide bonds. The summed E-state index contributed by atoms with van der Waals surface area (Å²) in [5.74, 6) is 0.520. The SMILES string of the molecule is Cc1csc(C2CCCCN2C(=O)c2nc3nccc(C)n3n2)n1. The Labute approximate surface area is 143 Å². The van der Waals surface area contributed by atoms with E-state index < -0.39 is 0 Å². The quantitative estimate of drug-likeness (QED) is 0.715. The molecule has 3 aromatic rings. The van der Waals surface area contributed by atoms with Gasteiger partial charge in [0, 0.05) is 29.5 Å². The summed E-state index contributed by atoms with van der Waals surface area (Å²) in [7, 11) is 0. The zero-order chi connectivity index (χ0) is 16.7. The molecule has 0 N–H and O–H groups in total. The summed E-state index contributed by atoms with van der Waals surface area (Å²) in [4.78, 5) is 28.0. The van der Waals surface area contributed by atoms with Gasteiger partial charge in [0.15, 0.2) is 0 Å². The molecule has 0 aromatic carbocycles. The van der Waals surface area contributed by atoms with Crippen LogP contribution in [0.2, 0.25) is 0 Å². The number of hydrogen-bond donors (Lipinski definition) is 0. The number of amides is 1. The van der Waals surface area contributed by atoms with Crippen molar-refractivity contribution < 1.29 is 4.79 Å². The van der Waals surface area contributed by atoms with Crippen LogP contribution < -0.4 is 0 Å². The number of rotatable bonds is 2. The number of carbonyl (C=O) groups excluding carboxylic acids is 1. The largest absolute Gasteiger partial charge is 0.326 e. The molecule has 3 aromatic heterocycles.